The first-order valence-electron chi connectivity index (χ1n) is 7.10. The molecule has 2 fully saturated rings. The van der Waals surface area contributed by atoms with Crippen molar-refractivity contribution >= 4 is 28.4 Å². The molecule has 2 saturated heterocycles. The first kappa shape index (κ1) is 14.3. The van der Waals surface area contributed by atoms with Crippen molar-refractivity contribution in [2.75, 3.05) is 38.1 Å². The highest BCUT2D eigenvalue weighted by molar-refractivity contribution is 7.13. The van der Waals surface area contributed by atoms with Crippen LogP contribution in [0, 0.1) is 0 Å². The summed E-state index contributed by atoms with van der Waals surface area (Å²) in [6.07, 6.45) is 3.13. The number of hydrogen-bond donors (Lipinski definition) is 1. The van der Waals surface area contributed by atoms with Crippen LogP contribution in [0.4, 0.5) is 9.93 Å². The Morgan fingerprint density at radius 3 is 2.67 bits per heavy atom. The van der Waals surface area contributed by atoms with Crippen LogP contribution in [0.5, 0.6) is 0 Å². The Morgan fingerprint density at radius 1 is 1.29 bits per heavy atom. The molecule has 1 unspecified atom stereocenters. The summed E-state index contributed by atoms with van der Waals surface area (Å²) >= 11 is 1.39. The van der Waals surface area contributed by atoms with Crippen LogP contribution in [0.15, 0.2) is 11.6 Å². The molecular weight excluding hydrogens is 292 g/mol. The zero-order valence-corrected chi connectivity index (χ0v) is 12.5. The Morgan fingerprint density at radius 2 is 2.05 bits per heavy atom. The van der Waals surface area contributed by atoms with Gasteiger partial charge < -0.3 is 14.5 Å². The van der Waals surface area contributed by atoms with E-state index < -0.39 is 0 Å². The molecule has 2 aliphatic heterocycles. The van der Waals surface area contributed by atoms with Gasteiger partial charge in [0.05, 0.1) is 0 Å². The van der Waals surface area contributed by atoms with Crippen molar-refractivity contribution in [2.24, 2.45) is 0 Å². The van der Waals surface area contributed by atoms with Crippen LogP contribution < -0.4 is 5.32 Å². The first-order valence-corrected chi connectivity index (χ1v) is 7.98. The molecule has 1 N–H and O–H groups in total. The fraction of sp³-hybridized carbons (Fsp3) is 0.615. The van der Waals surface area contributed by atoms with Crippen molar-refractivity contribution in [3.63, 3.8) is 0 Å². The van der Waals surface area contributed by atoms with Crippen LogP contribution in [-0.4, -0.2) is 65.6 Å². The van der Waals surface area contributed by atoms with Gasteiger partial charge in [0.1, 0.15) is 6.10 Å². The lowest BCUT2D eigenvalue weighted by Gasteiger charge is -2.35. The van der Waals surface area contributed by atoms with Crippen molar-refractivity contribution in [3.05, 3.63) is 11.6 Å². The lowest BCUT2D eigenvalue weighted by molar-refractivity contribution is -0.142. The molecule has 3 heterocycles. The van der Waals surface area contributed by atoms with Crippen LogP contribution in [0.1, 0.15) is 12.8 Å². The lowest BCUT2D eigenvalue weighted by atomic mass is 10.2. The second kappa shape index (κ2) is 6.40. The number of carbonyl (C=O) groups is 2. The summed E-state index contributed by atoms with van der Waals surface area (Å²) in [5.74, 6) is 0.0625. The topological polar surface area (TPSA) is 74.8 Å². The SMILES string of the molecule is O=C(Nc1nccs1)N1CCN(C(=O)C2CCCO2)CC1. The summed E-state index contributed by atoms with van der Waals surface area (Å²) in [6, 6.07) is -0.158. The van der Waals surface area contributed by atoms with Gasteiger partial charge in [-0.05, 0) is 12.8 Å². The number of hydrogen-bond acceptors (Lipinski definition) is 5. The third kappa shape index (κ3) is 3.33. The van der Waals surface area contributed by atoms with E-state index in [2.05, 4.69) is 10.3 Å². The quantitative estimate of drug-likeness (QED) is 0.884. The Balaban J connectivity index is 1.48. The number of carbonyl (C=O) groups excluding carboxylic acids is 2. The fourth-order valence-corrected chi connectivity index (χ4v) is 3.08. The third-order valence-corrected chi connectivity index (χ3v) is 4.42. The van der Waals surface area contributed by atoms with Crippen molar-refractivity contribution in [1.82, 2.24) is 14.8 Å². The van der Waals surface area contributed by atoms with Crippen LogP contribution in [0.25, 0.3) is 0 Å². The maximum Gasteiger partial charge on any atom is 0.323 e. The van der Waals surface area contributed by atoms with Gasteiger partial charge >= 0.3 is 6.03 Å². The number of amides is 3. The summed E-state index contributed by atoms with van der Waals surface area (Å²) in [6.45, 7) is 2.87. The standard InChI is InChI=1S/C13H18N4O3S/c18-11(10-2-1-8-20-10)16-4-6-17(7-5-16)13(19)15-12-14-3-9-21-12/h3,9-10H,1-2,4-8H2,(H,14,15,19). The normalized spacial score (nSPS) is 22.4. The Bertz CT molecular complexity index is 494. The number of aromatic nitrogens is 1. The molecule has 3 amide bonds. The van der Waals surface area contributed by atoms with Crippen LogP contribution >= 0.6 is 11.3 Å². The van der Waals surface area contributed by atoms with Crippen LogP contribution in [0.2, 0.25) is 0 Å². The van der Waals surface area contributed by atoms with Gasteiger partial charge in [0.2, 0.25) is 0 Å². The molecule has 0 saturated carbocycles. The number of ether oxygens (including phenoxy) is 1. The van der Waals surface area contributed by atoms with Crippen molar-refractivity contribution < 1.29 is 14.3 Å². The van der Waals surface area contributed by atoms with E-state index in [1.165, 1.54) is 11.3 Å². The van der Waals surface area contributed by atoms with E-state index in [0.29, 0.717) is 37.9 Å². The molecule has 0 bridgehead atoms. The first-order chi connectivity index (χ1) is 10.2. The molecule has 7 nitrogen and oxygen atoms in total. The number of thiazole rings is 1. The van der Waals surface area contributed by atoms with E-state index in [4.69, 9.17) is 4.74 Å². The Labute approximate surface area is 126 Å². The maximum atomic E-state index is 12.2. The Hall–Kier alpha value is -1.67. The molecule has 114 valence electrons. The minimum Gasteiger partial charge on any atom is -0.368 e. The molecule has 1 aromatic heterocycles. The summed E-state index contributed by atoms with van der Waals surface area (Å²) in [5, 5.41) is 5.17. The number of nitrogens with one attached hydrogen (secondary N) is 1. The molecule has 8 heteroatoms. The van der Waals surface area contributed by atoms with E-state index in [-0.39, 0.29) is 18.0 Å². The van der Waals surface area contributed by atoms with Crippen molar-refractivity contribution in [2.45, 2.75) is 18.9 Å². The average Bonchev–Trinajstić information content (AvgIpc) is 3.20. The van der Waals surface area contributed by atoms with Crippen LogP contribution in [-0.2, 0) is 9.53 Å². The van der Waals surface area contributed by atoms with Crippen molar-refractivity contribution in [1.29, 1.82) is 0 Å². The summed E-state index contributed by atoms with van der Waals surface area (Å²) in [4.78, 5) is 31.8. The Kier molecular flexibility index (Phi) is 4.35. The number of anilines is 1. The molecule has 21 heavy (non-hydrogen) atoms. The zero-order chi connectivity index (χ0) is 14.7. The van der Waals surface area contributed by atoms with Gasteiger partial charge in [0.15, 0.2) is 5.13 Å². The number of nitrogens with zero attached hydrogens (tertiary/aromatic N) is 3. The average molecular weight is 310 g/mol. The smallest absolute Gasteiger partial charge is 0.323 e. The van der Waals surface area contributed by atoms with E-state index in [0.717, 1.165) is 12.8 Å². The summed E-state index contributed by atoms with van der Waals surface area (Å²) < 4.78 is 5.42. The van der Waals surface area contributed by atoms with Gasteiger partial charge in [-0.15, -0.1) is 11.3 Å². The molecule has 0 aromatic carbocycles. The molecule has 0 aliphatic carbocycles. The zero-order valence-electron chi connectivity index (χ0n) is 11.7. The van der Waals surface area contributed by atoms with Gasteiger partial charge in [-0.1, -0.05) is 0 Å². The van der Waals surface area contributed by atoms with Gasteiger partial charge in [0.25, 0.3) is 5.91 Å². The highest BCUT2D eigenvalue weighted by atomic mass is 32.1. The summed E-state index contributed by atoms with van der Waals surface area (Å²) in [5.41, 5.74) is 0. The largest absolute Gasteiger partial charge is 0.368 e. The minimum absolute atomic E-state index is 0.0625. The van der Waals surface area contributed by atoms with E-state index in [9.17, 15) is 9.59 Å². The fourth-order valence-electron chi connectivity index (χ4n) is 2.56. The molecular formula is C13H18N4O3S. The highest BCUT2D eigenvalue weighted by Gasteiger charge is 2.31. The molecule has 0 radical (unpaired) electrons. The highest BCUT2D eigenvalue weighted by Crippen LogP contribution is 2.16. The van der Waals surface area contributed by atoms with Gasteiger partial charge in [0, 0.05) is 44.4 Å². The predicted octanol–water partition coefficient (Wildman–Crippen LogP) is 0.998. The molecule has 2 aliphatic rings. The van der Waals surface area contributed by atoms with E-state index in [1.54, 1.807) is 16.0 Å². The molecule has 1 atom stereocenters. The number of rotatable bonds is 2. The third-order valence-electron chi connectivity index (χ3n) is 3.73. The maximum absolute atomic E-state index is 12.2. The number of urea groups is 1. The second-order valence-corrected chi connectivity index (χ2v) is 5.98. The molecule has 0 spiro atoms. The minimum atomic E-state index is -0.277. The van der Waals surface area contributed by atoms with Gasteiger partial charge in [-0.2, -0.15) is 0 Å². The lowest BCUT2D eigenvalue weighted by Crippen LogP contribution is -2.53. The van der Waals surface area contributed by atoms with E-state index in [1.807, 2.05) is 5.38 Å². The van der Waals surface area contributed by atoms with Gasteiger partial charge in [-0.25, -0.2) is 9.78 Å². The number of piperazine rings is 1. The van der Waals surface area contributed by atoms with Crippen LogP contribution in [0.3, 0.4) is 0 Å². The summed E-state index contributed by atoms with van der Waals surface area (Å²) in [7, 11) is 0. The van der Waals surface area contributed by atoms with E-state index >= 15 is 0 Å². The second-order valence-electron chi connectivity index (χ2n) is 5.08. The predicted molar refractivity (Wildman–Crippen MR) is 78.3 cm³/mol. The molecule has 3 rings (SSSR count). The van der Waals surface area contributed by atoms with Gasteiger partial charge in [-0.3, -0.25) is 10.1 Å². The molecule has 1 aromatic rings. The van der Waals surface area contributed by atoms with Crippen molar-refractivity contribution in [3.8, 4) is 0 Å². The monoisotopic (exact) mass is 310 g/mol.